The number of esters is 1. The van der Waals surface area contributed by atoms with Crippen LogP contribution >= 0.6 is 0 Å². The molecule has 1 aliphatic heterocycles. The van der Waals surface area contributed by atoms with E-state index in [0.29, 0.717) is 13.0 Å². The normalized spacial score (nSPS) is 16.8. The first-order valence-corrected chi connectivity index (χ1v) is 7.57. The predicted octanol–water partition coefficient (Wildman–Crippen LogP) is 3.57. The van der Waals surface area contributed by atoms with Crippen LogP contribution in [0.4, 0.5) is 0 Å². The number of benzene rings is 2. The molecule has 1 aliphatic rings. The Hall–Kier alpha value is -2.75. The molecule has 0 aromatic heterocycles. The van der Waals surface area contributed by atoms with Crippen molar-refractivity contribution in [2.24, 2.45) is 0 Å². The molecule has 1 heterocycles. The molecule has 0 radical (unpaired) electrons. The first kappa shape index (κ1) is 15.2. The highest BCUT2D eigenvalue weighted by atomic mass is 16.6. The molecule has 2 aromatic carbocycles. The Morgan fingerprint density at radius 3 is 2.39 bits per heavy atom. The van der Waals surface area contributed by atoms with Crippen molar-refractivity contribution in [2.45, 2.75) is 25.6 Å². The summed E-state index contributed by atoms with van der Waals surface area (Å²) in [6, 6.07) is 17.8. The van der Waals surface area contributed by atoms with Crippen LogP contribution in [0.3, 0.4) is 0 Å². The van der Waals surface area contributed by atoms with Crippen LogP contribution in [0.15, 0.2) is 66.4 Å². The van der Waals surface area contributed by atoms with E-state index in [9.17, 15) is 9.90 Å². The Bertz CT molecular complexity index is 689. The SMILES string of the molecule is O=C1C=C(O)C(CCc2ccc(OCc3ccccc3)cc2)O1. The third kappa shape index (κ3) is 4.13. The van der Waals surface area contributed by atoms with Gasteiger partial charge in [0.1, 0.15) is 18.1 Å². The van der Waals surface area contributed by atoms with E-state index in [0.717, 1.165) is 29.4 Å². The molecule has 4 nitrogen and oxygen atoms in total. The zero-order valence-electron chi connectivity index (χ0n) is 12.6. The van der Waals surface area contributed by atoms with Gasteiger partial charge >= 0.3 is 5.97 Å². The van der Waals surface area contributed by atoms with Crippen molar-refractivity contribution < 1.29 is 19.4 Å². The fraction of sp³-hybridized carbons (Fsp3) is 0.211. The topological polar surface area (TPSA) is 55.8 Å². The van der Waals surface area contributed by atoms with E-state index in [-0.39, 0.29) is 5.76 Å². The van der Waals surface area contributed by atoms with Gasteiger partial charge in [0.2, 0.25) is 0 Å². The summed E-state index contributed by atoms with van der Waals surface area (Å²) in [4.78, 5) is 11.0. The third-order valence-electron chi connectivity index (χ3n) is 3.72. The van der Waals surface area contributed by atoms with Crippen LogP contribution in [0.25, 0.3) is 0 Å². The minimum absolute atomic E-state index is 0.0119. The highest BCUT2D eigenvalue weighted by molar-refractivity contribution is 5.85. The van der Waals surface area contributed by atoms with Crippen LogP contribution < -0.4 is 4.74 Å². The highest BCUT2D eigenvalue weighted by Crippen LogP contribution is 2.20. The number of aliphatic hydroxyl groups is 1. The van der Waals surface area contributed by atoms with E-state index in [1.165, 1.54) is 0 Å². The van der Waals surface area contributed by atoms with Crippen LogP contribution in [0, 0.1) is 0 Å². The molecule has 3 rings (SSSR count). The molecule has 2 aromatic rings. The van der Waals surface area contributed by atoms with E-state index in [1.807, 2.05) is 54.6 Å². The number of carbonyl (C=O) groups is 1. The van der Waals surface area contributed by atoms with Gasteiger partial charge in [0.25, 0.3) is 0 Å². The predicted molar refractivity (Wildman–Crippen MR) is 86.1 cm³/mol. The van der Waals surface area contributed by atoms with Gasteiger partial charge in [0.15, 0.2) is 6.10 Å². The number of carbonyl (C=O) groups excluding carboxylic acids is 1. The Balaban J connectivity index is 1.49. The lowest BCUT2D eigenvalue weighted by molar-refractivity contribution is -0.139. The fourth-order valence-corrected chi connectivity index (χ4v) is 2.45. The van der Waals surface area contributed by atoms with Gasteiger partial charge in [-0.15, -0.1) is 0 Å². The molecule has 0 saturated carbocycles. The second kappa shape index (κ2) is 7.01. The lowest BCUT2D eigenvalue weighted by Crippen LogP contribution is -2.12. The van der Waals surface area contributed by atoms with Gasteiger partial charge < -0.3 is 14.6 Å². The summed E-state index contributed by atoms with van der Waals surface area (Å²) in [6.07, 6.45) is 1.90. The molecular weight excluding hydrogens is 292 g/mol. The van der Waals surface area contributed by atoms with Crippen LogP contribution in [0.2, 0.25) is 0 Å². The maximum absolute atomic E-state index is 11.0. The highest BCUT2D eigenvalue weighted by Gasteiger charge is 2.25. The summed E-state index contributed by atoms with van der Waals surface area (Å²) in [7, 11) is 0. The number of rotatable bonds is 6. The zero-order valence-corrected chi connectivity index (χ0v) is 12.6. The van der Waals surface area contributed by atoms with Crippen LogP contribution in [0.1, 0.15) is 17.5 Å². The lowest BCUT2D eigenvalue weighted by atomic mass is 10.1. The molecule has 0 spiro atoms. The Kier molecular flexibility index (Phi) is 4.62. The van der Waals surface area contributed by atoms with Gasteiger partial charge in [0, 0.05) is 0 Å². The average Bonchev–Trinajstić information content (AvgIpc) is 2.90. The second-order valence-corrected chi connectivity index (χ2v) is 5.45. The molecule has 0 bridgehead atoms. The van der Waals surface area contributed by atoms with Crippen molar-refractivity contribution in [1.82, 2.24) is 0 Å². The van der Waals surface area contributed by atoms with Gasteiger partial charge in [0.05, 0.1) is 6.08 Å². The van der Waals surface area contributed by atoms with Gasteiger partial charge in [-0.05, 0) is 36.1 Å². The summed E-state index contributed by atoms with van der Waals surface area (Å²) in [5.41, 5.74) is 2.23. The van der Waals surface area contributed by atoms with E-state index in [1.54, 1.807) is 0 Å². The summed E-state index contributed by atoms with van der Waals surface area (Å²) in [6.45, 7) is 0.539. The minimum atomic E-state index is -0.517. The Labute approximate surface area is 135 Å². The number of aliphatic hydroxyl groups excluding tert-OH is 1. The van der Waals surface area contributed by atoms with Crippen molar-refractivity contribution in [3.8, 4) is 5.75 Å². The van der Waals surface area contributed by atoms with Crippen molar-refractivity contribution in [3.63, 3.8) is 0 Å². The van der Waals surface area contributed by atoms with Crippen LogP contribution in [0.5, 0.6) is 5.75 Å². The zero-order chi connectivity index (χ0) is 16.1. The Morgan fingerprint density at radius 2 is 1.74 bits per heavy atom. The molecule has 23 heavy (non-hydrogen) atoms. The standard InChI is InChI=1S/C19H18O4/c20-17-12-19(21)23-18(17)11-8-14-6-9-16(10-7-14)22-13-15-4-2-1-3-5-15/h1-7,9-10,12,18,20H,8,11,13H2. The van der Waals surface area contributed by atoms with E-state index in [2.05, 4.69) is 0 Å². The maximum atomic E-state index is 11.0. The van der Waals surface area contributed by atoms with Crippen molar-refractivity contribution in [3.05, 3.63) is 77.6 Å². The molecule has 0 saturated heterocycles. The fourth-order valence-electron chi connectivity index (χ4n) is 2.45. The number of hydrogen-bond acceptors (Lipinski definition) is 4. The number of aryl methyl sites for hydroxylation is 1. The molecular formula is C19H18O4. The first-order chi connectivity index (χ1) is 11.2. The van der Waals surface area contributed by atoms with Crippen molar-refractivity contribution >= 4 is 5.97 Å². The van der Waals surface area contributed by atoms with Crippen molar-refractivity contribution in [1.29, 1.82) is 0 Å². The third-order valence-corrected chi connectivity index (χ3v) is 3.72. The van der Waals surface area contributed by atoms with E-state index in [4.69, 9.17) is 9.47 Å². The van der Waals surface area contributed by atoms with Gasteiger partial charge in [-0.1, -0.05) is 42.5 Å². The quantitative estimate of drug-likeness (QED) is 0.829. The molecule has 1 atom stereocenters. The Morgan fingerprint density at radius 1 is 1.00 bits per heavy atom. The maximum Gasteiger partial charge on any atom is 0.335 e. The van der Waals surface area contributed by atoms with Crippen LogP contribution in [-0.4, -0.2) is 17.2 Å². The van der Waals surface area contributed by atoms with E-state index < -0.39 is 12.1 Å². The smallest absolute Gasteiger partial charge is 0.335 e. The number of ether oxygens (including phenoxy) is 2. The largest absolute Gasteiger partial charge is 0.508 e. The number of cyclic esters (lactones) is 1. The average molecular weight is 310 g/mol. The lowest BCUT2D eigenvalue weighted by Gasteiger charge is -2.11. The molecule has 0 aliphatic carbocycles. The molecule has 1 N–H and O–H groups in total. The van der Waals surface area contributed by atoms with Crippen molar-refractivity contribution in [2.75, 3.05) is 0 Å². The van der Waals surface area contributed by atoms with E-state index >= 15 is 0 Å². The first-order valence-electron chi connectivity index (χ1n) is 7.57. The molecule has 118 valence electrons. The summed E-state index contributed by atoms with van der Waals surface area (Å²) in [5, 5.41) is 9.55. The summed E-state index contributed by atoms with van der Waals surface area (Å²) >= 11 is 0. The second-order valence-electron chi connectivity index (χ2n) is 5.45. The van der Waals surface area contributed by atoms with Gasteiger partial charge in [-0.3, -0.25) is 0 Å². The summed E-state index contributed by atoms with van der Waals surface area (Å²) in [5.74, 6) is 0.350. The van der Waals surface area contributed by atoms with Gasteiger partial charge in [-0.25, -0.2) is 4.79 Å². The monoisotopic (exact) mass is 310 g/mol. The molecule has 4 heteroatoms. The van der Waals surface area contributed by atoms with Crippen LogP contribution in [-0.2, 0) is 22.6 Å². The molecule has 0 fully saturated rings. The summed E-state index contributed by atoms with van der Waals surface area (Å²) < 4.78 is 10.7. The molecule has 1 unspecified atom stereocenters. The minimum Gasteiger partial charge on any atom is -0.508 e. The molecule has 0 amide bonds. The van der Waals surface area contributed by atoms with Gasteiger partial charge in [-0.2, -0.15) is 0 Å². The number of hydrogen-bond donors (Lipinski definition) is 1.